The highest BCUT2D eigenvalue weighted by Gasteiger charge is 2.44. The number of aromatic hydroxyl groups is 6. The lowest BCUT2D eigenvalue weighted by molar-refractivity contribution is -0.573. The third-order valence-electron chi connectivity index (χ3n) is 8.00. The van der Waals surface area contributed by atoms with Crippen molar-refractivity contribution in [3.05, 3.63) is 81.4 Å². The van der Waals surface area contributed by atoms with Gasteiger partial charge in [-0.05, 0) is 72.4 Å². The van der Waals surface area contributed by atoms with Crippen LogP contribution >= 0.6 is 0 Å². The van der Waals surface area contributed by atoms with Crippen molar-refractivity contribution in [1.29, 1.82) is 0 Å². The minimum absolute atomic E-state index is 0.121. The van der Waals surface area contributed by atoms with E-state index in [2.05, 4.69) is 16.4 Å². The van der Waals surface area contributed by atoms with E-state index in [0.717, 1.165) is 0 Å². The van der Waals surface area contributed by atoms with E-state index >= 15 is 0 Å². The number of hydrogen-bond donors (Lipinski definition) is 9. The fraction of sp³-hybridized carbons (Fsp3) is 0.382. The van der Waals surface area contributed by atoms with E-state index in [9.17, 15) is 55.1 Å². The number of phenols is 6. The van der Waals surface area contributed by atoms with Gasteiger partial charge in [-0.2, -0.15) is 16.4 Å². The molecule has 3 aromatic rings. The molecule has 0 bridgehead atoms. The molecule has 0 fully saturated rings. The number of hydrogen-bond acceptors (Lipinski definition) is 17. The summed E-state index contributed by atoms with van der Waals surface area (Å²) in [6.45, 7) is 0.363. The van der Waals surface area contributed by atoms with Gasteiger partial charge in [0.25, 0.3) is 0 Å². The van der Waals surface area contributed by atoms with Crippen molar-refractivity contribution in [3.63, 3.8) is 0 Å². The predicted molar refractivity (Wildman–Crippen MR) is 180 cm³/mol. The van der Waals surface area contributed by atoms with Gasteiger partial charge in [-0.15, -0.1) is 0 Å². The maximum atomic E-state index is 12.5. The van der Waals surface area contributed by atoms with Crippen LogP contribution in [0.5, 0.6) is 34.5 Å². The lowest BCUT2D eigenvalue weighted by Crippen LogP contribution is -2.41. The smallest absolute Gasteiger partial charge is 0.325 e. The number of benzene rings is 3. The number of carbonyl (C=O) groups is 3. The summed E-state index contributed by atoms with van der Waals surface area (Å²) in [6, 6.07) is 12.6. The van der Waals surface area contributed by atoms with Crippen molar-refractivity contribution in [1.82, 2.24) is 16.4 Å². The van der Waals surface area contributed by atoms with Crippen LogP contribution in [0.15, 0.2) is 54.6 Å². The van der Waals surface area contributed by atoms with E-state index in [1.54, 1.807) is 18.2 Å². The molecule has 18 nitrogen and oxygen atoms in total. The van der Waals surface area contributed by atoms with E-state index < -0.39 is 66.9 Å². The van der Waals surface area contributed by atoms with E-state index in [1.165, 1.54) is 36.4 Å². The zero-order valence-electron chi connectivity index (χ0n) is 28.1. The Bertz CT molecular complexity index is 1500. The van der Waals surface area contributed by atoms with Gasteiger partial charge in [-0.3, -0.25) is 24.5 Å². The Kier molecular flexibility index (Phi) is 15.7. The van der Waals surface area contributed by atoms with Crippen LogP contribution in [-0.2, 0) is 48.2 Å². The fourth-order valence-electron chi connectivity index (χ4n) is 4.96. The number of hydroxylamine groups is 3. The molecule has 18 heteroatoms. The Morgan fingerprint density at radius 2 is 0.827 bits per heavy atom. The van der Waals surface area contributed by atoms with Crippen molar-refractivity contribution in [2.75, 3.05) is 19.6 Å². The number of carbonyl (C=O) groups excluding carboxylic acids is 3. The predicted octanol–water partition coefficient (Wildman–Crippen LogP) is 2.45. The minimum Gasteiger partial charge on any atom is -0.504 e. The van der Waals surface area contributed by atoms with Gasteiger partial charge in [0.05, 0.1) is 19.3 Å². The molecule has 0 amide bonds. The molecule has 0 radical (unpaired) electrons. The van der Waals surface area contributed by atoms with Gasteiger partial charge < -0.3 is 45.2 Å². The molecule has 0 atom stereocenters. The molecule has 0 aliphatic heterocycles. The van der Waals surface area contributed by atoms with E-state index in [4.69, 9.17) is 14.5 Å². The van der Waals surface area contributed by atoms with Crippen LogP contribution in [0, 0.1) is 10.1 Å². The third kappa shape index (κ3) is 13.5. The van der Waals surface area contributed by atoms with Crippen LogP contribution in [0.3, 0.4) is 0 Å². The summed E-state index contributed by atoms with van der Waals surface area (Å²) in [5.74, 6) is -4.30. The van der Waals surface area contributed by atoms with Crippen LogP contribution in [0.1, 0.15) is 55.2 Å². The zero-order valence-corrected chi connectivity index (χ0v) is 28.1. The monoisotopic (exact) mass is 730 g/mol. The first kappa shape index (κ1) is 40.6. The summed E-state index contributed by atoms with van der Waals surface area (Å²) < 4.78 is 0. The Labute approximate surface area is 297 Å². The third-order valence-corrected chi connectivity index (χ3v) is 8.00. The average Bonchev–Trinajstić information content (AvgIpc) is 3.11. The molecule has 0 aliphatic rings. The number of phenolic OH excluding ortho intramolecular Hbond substituents is 6. The van der Waals surface area contributed by atoms with Crippen molar-refractivity contribution < 1.29 is 64.5 Å². The van der Waals surface area contributed by atoms with Crippen LogP contribution < -0.4 is 16.4 Å². The molecule has 3 aromatic carbocycles. The van der Waals surface area contributed by atoms with Gasteiger partial charge in [0.2, 0.25) is 5.54 Å². The number of nitro groups is 1. The fourth-order valence-corrected chi connectivity index (χ4v) is 4.96. The van der Waals surface area contributed by atoms with Crippen LogP contribution in [0.2, 0.25) is 0 Å². The second-order valence-corrected chi connectivity index (χ2v) is 11.8. The van der Waals surface area contributed by atoms with Crippen LogP contribution in [0.25, 0.3) is 0 Å². The van der Waals surface area contributed by atoms with E-state index in [0.29, 0.717) is 36.0 Å². The van der Waals surface area contributed by atoms with Crippen molar-refractivity contribution in [2.45, 2.75) is 63.3 Å². The lowest BCUT2D eigenvalue weighted by atomic mass is 9.84. The van der Waals surface area contributed by atoms with Gasteiger partial charge in [0, 0.05) is 43.8 Å². The van der Waals surface area contributed by atoms with Gasteiger partial charge in [0.1, 0.15) is 0 Å². The minimum atomic E-state index is -1.94. The van der Waals surface area contributed by atoms with Crippen LogP contribution in [0.4, 0.5) is 0 Å². The highest BCUT2D eigenvalue weighted by atomic mass is 16.7. The first-order valence-corrected chi connectivity index (χ1v) is 16.2. The summed E-state index contributed by atoms with van der Waals surface area (Å²) in [6.07, 6.45) is -1.63. The highest BCUT2D eigenvalue weighted by Crippen LogP contribution is 2.30. The number of rotatable bonds is 22. The van der Waals surface area contributed by atoms with Gasteiger partial charge >= 0.3 is 17.9 Å². The Balaban J connectivity index is 1.52. The standard InChI is InChI=1S/C34H42N4O14/c39-25-4-1-22(19-28(25)42)10-16-35-50-31(45)7-13-34(38(48)49,14-8-32(46)51-36-17-11-23-2-5-26(40)29(43)20-23)15-9-33(47)52-37-18-12-24-3-6-27(41)30(44)21-24/h1-6,19-21,35-37,39-44H,7-18H2. The summed E-state index contributed by atoms with van der Waals surface area (Å²) in [7, 11) is 0. The maximum Gasteiger partial charge on any atom is 0.325 e. The number of nitrogens with zero attached hydrogens (tertiary/aromatic N) is 1. The summed E-state index contributed by atoms with van der Waals surface area (Å²) in [5, 5.41) is 69.6. The molecule has 0 aliphatic carbocycles. The van der Waals surface area contributed by atoms with Crippen LogP contribution in [-0.4, -0.2) is 78.6 Å². The van der Waals surface area contributed by atoms with E-state index in [-0.39, 0.29) is 54.1 Å². The lowest BCUT2D eigenvalue weighted by Gasteiger charge is -2.24. The van der Waals surface area contributed by atoms with Gasteiger partial charge in [-0.1, -0.05) is 18.2 Å². The Morgan fingerprint density at radius 1 is 0.538 bits per heavy atom. The quantitative estimate of drug-likeness (QED) is 0.0236. The maximum absolute atomic E-state index is 12.5. The molecule has 0 heterocycles. The molecule has 0 spiro atoms. The molecule has 9 N–H and O–H groups in total. The second kappa shape index (κ2) is 20.1. The molecule has 3 rings (SSSR count). The van der Waals surface area contributed by atoms with Gasteiger partial charge in [-0.25, -0.2) is 0 Å². The first-order valence-electron chi connectivity index (χ1n) is 16.2. The molecular formula is C34H42N4O14. The summed E-state index contributed by atoms with van der Waals surface area (Å²) in [5.41, 5.74) is 7.30. The zero-order chi connectivity index (χ0) is 38.1. The molecule has 0 saturated carbocycles. The molecule has 52 heavy (non-hydrogen) atoms. The topological polar surface area (TPSA) is 280 Å². The Hall–Kier alpha value is -5.85. The Morgan fingerprint density at radius 3 is 1.08 bits per heavy atom. The molecule has 0 unspecified atom stereocenters. The largest absolute Gasteiger partial charge is 0.504 e. The SMILES string of the molecule is O=C(CCC(CCC(=O)ONCCc1ccc(O)c(O)c1)(CCC(=O)ONCCc1ccc(O)c(O)c1)[N+](=O)[O-])ONCCc1ccc(O)c(O)c1. The molecular weight excluding hydrogens is 688 g/mol. The van der Waals surface area contributed by atoms with Gasteiger partial charge in [0.15, 0.2) is 34.5 Å². The number of nitrogens with one attached hydrogen (secondary N) is 3. The summed E-state index contributed by atoms with van der Waals surface area (Å²) in [4.78, 5) is 64.3. The summed E-state index contributed by atoms with van der Waals surface area (Å²) >= 11 is 0. The van der Waals surface area contributed by atoms with E-state index in [1.807, 2.05) is 0 Å². The molecule has 282 valence electrons. The highest BCUT2D eigenvalue weighted by molar-refractivity contribution is 5.71. The van der Waals surface area contributed by atoms with Crippen molar-refractivity contribution in [3.8, 4) is 34.5 Å². The molecule has 0 aromatic heterocycles. The average molecular weight is 731 g/mol. The first-order chi connectivity index (χ1) is 24.8. The van der Waals surface area contributed by atoms with Crippen molar-refractivity contribution >= 4 is 17.9 Å². The van der Waals surface area contributed by atoms with Crippen molar-refractivity contribution in [2.24, 2.45) is 0 Å². The molecule has 0 saturated heterocycles. The normalized spacial score (nSPS) is 11.2. The second-order valence-electron chi connectivity index (χ2n) is 11.8.